The average Bonchev–Trinajstić information content (AvgIpc) is 2.81. The van der Waals surface area contributed by atoms with Crippen LogP contribution in [0.4, 0.5) is 11.7 Å². The van der Waals surface area contributed by atoms with Crippen LogP contribution in [0, 0.1) is 0 Å². The normalized spacial score (nSPS) is 20.5. The maximum Gasteiger partial charge on any atom is 0.298 e. The summed E-state index contributed by atoms with van der Waals surface area (Å²) in [6.07, 6.45) is 4.90. The number of hydrogen-bond acceptors (Lipinski definition) is 4. The van der Waals surface area contributed by atoms with Gasteiger partial charge >= 0.3 is 0 Å². The van der Waals surface area contributed by atoms with Crippen LogP contribution in [0.15, 0.2) is 22.6 Å². The summed E-state index contributed by atoms with van der Waals surface area (Å²) in [6, 6.07) is 6.93. The van der Waals surface area contributed by atoms with Gasteiger partial charge in [-0.15, -0.1) is 0 Å². The molecular weight excluding hydrogens is 226 g/mol. The molecule has 18 heavy (non-hydrogen) atoms. The van der Waals surface area contributed by atoms with Crippen molar-refractivity contribution < 1.29 is 4.42 Å². The minimum Gasteiger partial charge on any atom is -0.423 e. The fraction of sp³-hybridized carbons (Fsp3) is 0.500. The maximum absolute atomic E-state index is 5.85. The van der Waals surface area contributed by atoms with Gasteiger partial charge in [0, 0.05) is 18.3 Å². The lowest BCUT2D eigenvalue weighted by Crippen LogP contribution is -2.39. The molecule has 0 amide bonds. The Kier molecular flexibility index (Phi) is 2.86. The molecule has 1 aromatic heterocycles. The molecule has 1 aliphatic heterocycles. The molecule has 1 unspecified atom stereocenters. The van der Waals surface area contributed by atoms with E-state index in [4.69, 9.17) is 10.2 Å². The van der Waals surface area contributed by atoms with Crippen LogP contribution < -0.4 is 10.6 Å². The number of oxazole rings is 1. The maximum atomic E-state index is 5.85. The van der Waals surface area contributed by atoms with E-state index in [1.54, 1.807) is 0 Å². The Hall–Kier alpha value is -1.71. The summed E-state index contributed by atoms with van der Waals surface area (Å²) in [4.78, 5) is 6.88. The molecule has 96 valence electrons. The molecule has 1 aliphatic rings. The fourth-order valence-corrected chi connectivity index (χ4v) is 2.73. The van der Waals surface area contributed by atoms with E-state index >= 15 is 0 Å². The topological polar surface area (TPSA) is 55.3 Å². The second kappa shape index (κ2) is 4.52. The van der Waals surface area contributed by atoms with Crippen molar-refractivity contribution in [1.82, 2.24) is 4.98 Å². The van der Waals surface area contributed by atoms with Crippen LogP contribution in [0.3, 0.4) is 0 Å². The zero-order valence-corrected chi connectivity index (χ0v) is 10.7. The smallest absolute Gasteiger partial charge is 0.298 e. The van der Waals surface area contributed by atoms with Gasteiger partial charge in [-0.1, -0.05) is 6.92 Å². The van der Waals surface area contributed by atoms with Crippen LogP contribution in [0.2, 0.25) is 0 Å². The molecule has 2 N–H and O–H groups in total. The van der Waals surface area contributed by atoms with Crippen molar-refractivity contribution in [3.05, 3.63) is 18.2 Å². The SMILES string of the molecule is CCC1CCCCN1c1nc2cc(N)ccc2o1. The number of piperidine rings is 1. The van der Waals surface area contributed by atoms with Crippen LogP contribution in [0.1, 0.15) is 32.6 Å². The molecule has 0 aliphatic carbocycles. The molecule has 2 heterocycles. The summed E-state index contributed by atoms with van der Waals surface area (Å²) >= 11 is 0. The second-order valence-corrected chi connectivity index (χ2v) is 4.97. The summed E-state index contributed by atoms with van der Waals surface area (Å²) in [7, 11) is 0. The van der Waals surface area contributed by atoms with Gasteiger partial charge in [0.15, 0.2) is 5.58 Å². The summed E-state index contributed by atoms with van der Waals surface area (Å²) in [6.45, 7) is 3.27. The lowest BCUT2D eigenvalue weighted by atomic mass is 10.0. The van der Waals surface area contributed by atoms with Crippen molar-refractivity contribution in [2.45, 2.75) is 38.6 Å². The Balaban J connectivity index is 1.97. The third kappa shape index (κ3) is 1.92. The zero-order chi connectivity index (χ0) is 12.5. The van der Waals surface area contributed by atoms with Crippen molar-refractivity contribution in [3.63, 3.8) is 0 Å². The highest BCUT2D eigenvalue weighted by molar-refractivity contribution is 5.78. The van der Waals surface area contributed by atoms with E-state index in [1.807, 2.05) is 18.2 Å². The molecule has 0 spiro atoms. The van der Waals surface area contributed by atoms with E-state index in [9.17, 15) is 0 Å². The van der Waals surface area contributed by atoms with Crippen molar-refractivity contribution in [1.29, 1.82) is 0 Å². The van der Waals surface area contributed by atoms with Crippen LogP contribution in [-0.4, -0.2) is 17.6 Å². The number of anilines is 2. The molecule has 4 heteroatoms. The molecule has 1 atom stereocenters. The highest BCUT2D eigenvalue weighted by Crippen LogP contribution is 2.29. The van der Waals surface area contributed by atoms with Crippen LogP contribution >= 0.6 is 0 Å². The third-order valence-corrected chi connectivity index (χ3v) is 3.74. The number of rotatable bonds is 2. The Bertz CT molecular complexity index is 549. The Morgan fingerprint density at radius 3 is 3.17 bits per heavy atom. The molecule has 4 nitrogen and oxygen atoms in total. The predicted molar refractivity (Wildman–Crippen MR) is 73.7 cm³/mol. The number of hydrogen-bond donors (Lipinski definition) is 1. The Morgan fingerprint density at radius 1 is 1.44 bits per heavy atom. The van der Waals surface area contributed by atoms with E-state index < -0.39 is 0 Å². The van der Waals surface area contributed by atoms with Gasteiger partial charge in [0.05, 0.1) is 0 Å². The van der Waals surface area contributed by atoms with Crippen molar-refractivity contribution in [2.24, 2.45) is 0 Å². The summed E-state index contributed by atoms with van der Waals surface area (Å²) in [5.74, 6) is 0. The van der Waals surface area contributed by atoms with Crippen molar-refractivity contribution >= 4 is 22.8 Å². The van der Waals surface area contributed by atoms with E-state index in [1.165, 1.54) is 19.3 Å². The van der Waals surface area contributed by atoms with E-state index in [-0.39, 0.29) is 0 Å². The molecule has 3 rings (SSSR count). The molecule has 0 bridgehead atoms. The number of nitrogens with zero attached hydrogens (tertiary/aromatic N) is 2. The van der Waals surface area contributed by atoms with Gasteiger partial charge in [-0.2, -0.15) is 4.98 Å². The number of nitrogen functional groups attached to an aromatic ring is 1. The van der Waals surface area contributed by atoms with Gasteiger partial charge in [-0.3, -0.25) is 0 Å². The first-order valence-electron chi connectivity index (χ1n) is 6.70. The Labute approximate surface area is 107 Å². The highest BCUT2D eigenvalue weighted by Gasteiger charge is 2.24. The van der Waals surface area contributed by atoms with Gasteiger partial charge in [0.25, 0.3) is 6.01 Å². The van der Waals surface area contributed by atoms with E-state index in [2.05, 4.69) is 16.8 Å². The lowest BCUT2D eigenvalue weighted by Gasteiger charge is -2.33. The molecule has 0 saturated carbocycles. The number of fused-ring (bicyclic) bond motifs is 1. The van der Waals surface area contributed by atoms with E-state index in [0.29, 0.717) is 6.04 Å². The first kappa shape index (κ1) is 11.4. The minimum absolute atomic E-state index is 0.559. The largest absolute Gasteiger partial charge is 0.423 e. The zero-order valence-electron chi connectivity index (χ0n) is 10.7. The minimum atomic E-state index is 0.559. The molecule has 2 aromatic rings. The Morgan fingerprint density at radius 2 is 2.33 bits per heavy atom. The molecule has 1 saturated heterocycles. The lowest BCUT2D eigenvalue weighted by molar-refractivity contribution is 0.416. The second-order valence-electron chi connectivity index (χ2n) is 4.97. The van der Waals surface area contributed by atoms with Gasteiger partial charge < -0.3 is 15.1 Å². The third-order valence-electron chi connectivity index (χ3n) is 3.74. The first-order chi connectivity index (χ1) is 8.78. The first-order valence-corrected chi connectivity index (χ1v) is 6.70. The molecule has 0 radical (unpaired) electrons. The van der Waals surface area contributed by atoms with Gasteiger partial charge in [-0.05, 0) is 43.9 Å². The summed E-state index contributed by atoms with van der Waals surface area (Å²) in [5, 5.41) is 0. The quantitative estimate of drug-likeness (QED) is 0.826. The number of aromatic nitrogens is 1. The molecule has 1 aromatic carbocycles. The highest BCUT2D eigenvalue weighted by atomic mass is 16.4. The van der Waals surface area contributed by atoms with Crippen LogP contribution in [0.25, 0.3) is 11.1 Å². The van der Waals surface area contributed by atoms with Crippen LogP contribution in [0.5, 0.6) is 0 Å². The van der Waals surface area contributed by atoms with Gasteiger partial charge in [-0.25, -0.2) is 0 Å². The van der Waals surface area contributed by atoms with Gasteiger partial charge in [0.2, 0.25) is 0 Å². The van der Waals surface area contributed by atoms with Crippen molar-refractivity contribution in [3.8, 4) is 0 Å². The predicted octanol–water partition coefficient (Wildman–Crippen LogP) is 3.18. The molecule has 1 fully saturated rings. The fourth-order valence-electron chi connectivity index (χ4n) is 2.73. The van der Waals surface area contributed by atoms with E-state index in [0.717, 1.165) is 35.8 Å². The molecular formula is C14H19N3O. The summed E-state index contributed by atoms with van der Waals surface area (Å²) in [5.41, 5.74) is 8.17. The average molecular weight is 245 g/mol. The van der Waals surface area contributed by atoms with Crippen LogP contribution in [-0.2, 0) is 0 Å². The van der Waals surface area contributed by atoms with Crippen molar-refractivity contribution in [2.75, 3.05) is 17.2 Å². The number of benzene rings is 1. The number of nitrogens with two attached hydrogens (primary N) is 1. The standard InChI is InChI=1S/C14H19N3O/c1-2-11-5-3-4-8-17(11)14-16-12-9-10(15)6-7-13(12)18-14/h6-7,9,11H,2-5,8,15H2,1H3. The summed E-state index contributed by atoms with van der Waals surface area (Å²) < 4.78 is 5.85. The van der Waals surface area contributed by atoms with Gasteiger partial charge in [0.1, 0.15) is 5.52 Å². The monoisotopic (exact) mass is 245 g/mol.